The van der Waals surface area contributed by atoms with Crippen LogP contribution in [0.15, 0.2) is 10.2 Å². The Bertz CT molecular complexity index is 421. The summed E-state index contributed by atoms with van der Waals surface area (Å²) in [5.74, 6) is 0. The van der Waals surface area contributed by atoms with Gasteiger partial charge in [-0.2, -0.15) is 5.10 Å². The Morgan fingerprint density at radius 2 is 2.07 bits per heavy atom. The molecule has 4 nitrogen and oxygen atoms in total. The molecule has 0 saturated carbocycles. The molecule has 5 heteroatoms. The van der Waals surface area contributed by atoms with Crippen molar-refractivity contribution in [3.63, 3.8) is 0 Å². The molecule has 0 spiro atoms. The summed E-state index contributed by atoms with van der Waals surface area (Å²) in [6.07, 6.45) is 0. The number of hydrogen-bond acceptors (Lipinski definition) is 4. The molecule has 0 atom stereocenters. The van der Waals surface area contributed by atoms with E-state index in [1.807, 2.05) is 13.8 Å². The maximum absolute atomic E-state index is 5.57. The van der Waals surface area contributed by atoms with Gasteiger partial charge in [0.25, 0.3) is 0 Å². The van der Waals surface area contributed by atoms with Crippen molar-refractivity contribution < 1.29 is 0 Å². The molecule has 0 aliphatic carbocycles. The third kappa shape index (κ3) is 3.00. The zero-order chi connectivity index (χ0) is 11.4. The monoisotopic (exact) mass is 226 g/mol. The number of aryl methyl sites for hydroxylation is 1. The van der Waals surface area contributed by atoms with Crippen molar-refractivity contribution in [3.05, 3.63) is 15.4 Å². The van der Waals surface area contributed by atoms with Crippen LogP contribution in [0.2, 0.25) is 0 Å². The lowest BCUT2D eigenvalue weighted by Gasteiger charge is -2.02. The highest BCUT2D eigenvalue weighted by Gasteiger charge is 2.04. The van der Waals surface area contributed by atoms with Gasteiger partial charge >= 0.3 is 0 Å². The average molecular weight is 226 g/mol. The maximum atomic E-state index is 5.57. The first kappa shape index (κ1) is 12.1. The molecule has 0 aliphatic rings. The number of nitrogens with zero attached hydrogens (tertiary/aromatic N) is 3. The van der Waals surface area contributed by atoms with E-state index in [4.69, 9.17) is 5.73 Å². The highest BCUT2D eigenvalue weighted by molar-refractivity contribution is 7.09. The highest BCUT2D eigenvalue weighted by atomic mass is 32.1. The van der Waals surface area contributed by atoms with Gasteiger partial charge in [-0.05, 0) is 27.7 Å². The van der Waals surface area contributed by atoms with Gasteiger partial charge in [0.05, 0.1) is 0 Å². The molecular weight excluding hydrogens is 208 g/mol. The standard InChI is InChI=1S/C10H18N4S/c1-7(2)12-13-10-14(6-5-11)8(3)9(4)15-10/h5-6,11H2,1-4H3. The van der Waals surface area contributed by atoms with Gasteiger partial charge < -0.3 is 10.3 Å². The number of rotatable bonds is 3. The summed E-state index contributed by atoms with van der Waals surface area (Å²) in [7, 11) is 0. The minimum absolute atomic E-state index is 0.624. The van der Waals surface area contributed by atoms with E-state index < -0.39 is 0 Å². The molecule has 0 aliphatic heterocycles. The first-order chi connectivity index (χ1) is 7.06. The molecule has 0 bridgehead atoms. The molecule has 2 N–H and O–H groups in total. The van der Waals surface area contributed by atoms with Crippen LogP contribution in [-0.4, -0.2) is 16.8 Å². The van der Waals surface area contributed by atoms with Gasteiger partial charge in [0.2, 0.25) is 4.80 Å². The first-order valence-corrected chi connectivity index (χ1v) is 5.79. The normalized spacial score (nSPS) is 11.9. The van der Waals surface area contributed by atoms with E-state index in [1.54, 1.807) is 11.3 Å². The van der Waals surface area contributed by atoms with Crippen molar-refractivity contribution >= 4 is 17.0 Å². The second kappa shape index (κ2) is 5.23. The molecule has 0 amide bonds. The SMILES string of the molecule is CC(C)=NN=c1sc(C)c(C)n1CCN. The Morgan fingerprint density at radius 3 is 2.60 bits per heavy atom. The van der Waals surface area contributed by atoms with Crippen molar-refractivity contribution in [2.45, 2.75) is 34.2 Å². The lowest BCUT2D eigenvalue weighted by molar-refractivity contribution is 0.662. The summed E-state index contributed by atoms with van der Waals surface area (Å²) in [5.41, 5.74) is 7.76. The second-order valence-electron chi connectivity index (χ2n) is 3.61. The fraction of sp³-hybridized carbons (Fsp3) is 0.600. The Labute approximate surface area is 94.2 Å². The van der Waals surface area contributed by atoms with Crippen molar-refractivity contribution in [2.24, 2.45) is 15.9 Å². The first-order valence-electron chi connectivity index (χ1n) is 4.98. The van der Waals surface area contributed by atoms with Crippen LogP contribution < -0.4 is 10.5 Å². The van der Waals surface area contributed by atoms with E-state index >= 15 is 0 Å². The molecule has 0 aromatic carbocycles. The quantitative estimate of drug-likeness (QED) is 0.615. The van der Waals surface area contributed by atoms with Crippen LogP contribution in [0.3, 0.4) is 0 Å². The minimum Gasteiger partial charge on any atom is -0.329 e. The molecule has 0 unspecified atom stereocenters. The Balaban J connectivity index is 3.23. The van der Waals surface area contributed by atoms with Crippen molar-refractivity contribution in [2.75, 3.05) is 6.54 Å². The molecule has 1 aromatic rings. The van der Waals surface area contributed by atoms with Crippen molar-refractivity contribution in [1.29, 1.82) is 0 Å². The summed E-state index contributed by atoms with van der Waals surface area (Å²) < 4.78 is 2.12. The molecule has 1 aromatic heterocycles. The van der Waals surface area contributed by atoms with Crippen molar-refractivity contribution in [1.82, 2.24) is 4.57 Å². The lowest BCUT2D eigenvalue weighted by atomic mass is 10.4. The van der Waals surface area contributed by atoms with Gasteiger partial charge in [-0.25, -0.2) is 0 Å². The van der Waals surface area contributed by atoms with Crippen LogP contribution in [-0.2, 0) is 6.54 Å². The van der Waals surface area contributed by atoms with E-state index in [1.165, 1.54) is 10.6 Å². The molecule has 0 radical (unpaired) electrons. The van der Waals surface area contributed by atoms with Gasteiger partial charge in [-0.3, -0.25) is 0 Å². The topological polar surface area (TPSA) is 55.7 Å². The van der Waals surface area contributed by atoms with Crippen LogP contribution in [0.1, 0.15) is 24.4 Å². The molecule has 1 rings (SSSR count). The summed E-state index contributed by atoms with van der Waals surface area (Å²) in [6, 6.07) is 0. The van der Waals surface area contributed by atoms with Crippen LogP contribution in [0.4, 0.5) is 0 Å². The van der Waals surface area contributed by atoms with Gasteiger partial charge in [0.1, 0.15) is 0 Å². The Morgan fingerprint density at radius 1 is 1.40 bits per heavy atom. The average Bonchev–Trinajstić information content (AvgIpc) is 2.43. The zero-order valence-electron chi connectivity index (χ0n) is 9.74. The van der Waals surface area contributed by atoms with Gasteiger partial charge in [0, 0.05) is 29.4 Å². The summed E-state index contributed by atoms with van der Waals surface area (Å²) >= 11 is 1.66. The smallest absolute Gasteiger partial charge is 0.211 e. The third-order valence-corrected chi connectivity index (χ3v) is 3.16. The summed E-state index contributed by atoms with van der Waals surface area (Å²) in [6.45, 7) is 9.47. The van der Waals surface area contributed by atoms with E-state index in [9.17, 15) is 0 Å². The largest absolute Gasteiger partial charge is 0.329 e. The molecule has 0 fully saturated rings. The number of thiazole rings is 1. The van der Waals surface area contributed by atoms with Gasteiger partial charge in [-0.1, -0.05) is 0 Å². The predicted octanol–water partition coefficient (Wildman–Crippen LogP) is 1.42. The Kier molecular flexibility index (Phi) is 4.23. The third-order valence-electron chi connectivity index (χ3n) is 2.08. The highest BCUT2D eigenvalue weighted by Crippen LogP contribution is 2.09. The van der Waals surface area contributed by atoms with E-state index in [-0.39, 0.29) is 0 Å². The summed E-state index contributed by atoms with van der Waals surface area (Å²) in [5, 5.41) is 8.30. The van der Waals surface area contributed by atoms with Gasteiger partial charge in [0.15, 0.2) is 0 Å². The summed E-state index contributed by atoms with van der Waals surface area (Å²) in [4.78, 5) is 2.20. The number of aromatic nitrogens is 1. The number of nitrogens with two attached hydrogens (primary N) is 1. The number of hydrogen-bond donors (Lipinski definition) is 1. The van der Waals surface area contributed by atoms with Crippen LogP contribution in [0, 0.1) is 13.8 Å². The fourth-order valence-corrected chi connectivity index (χ4v) is 2.16. The second-order valence-corrected chi connectivity index (χ2v) is 4.80. The van der Waals surface area contributed by atoms with Crippen LogP contribution in [0.5, 0.6) is 0 Å². The fourth-order valence-electron chi connectivity index (χ4n) is 1.21. The van der Waals surface area contributed by atoms with Crippen LogP contribution in [0.25, 0.3) is 0 Å². The van der Waals surface area contributed by atoms with E-state index in [0.717, 1.165) is 17.1 Å². The molecule has 84 valence electrons. The predicted molar refractivity (Wildman–Crippen MR) is 65.2 cm³/mol. The maximum Gasteiger partial charge on any atom is 0.211 e. The Hall–Kier alpha value is -0.940. The van der Waals surface area contributed by atoms with Gasteiger partial charge in [-0.15, -0.1) is 16.4 Å². The van der Waals surface area contributed by atoms with E-state index in [2.05, 4.69) is 28.6 Å². The molecule has 1 heterocycles. The van der Waals surface area contributed by atoms with Crippen LogP contribution >= 0.6 is 11.3 Å². The van der Waals surface area contributed by atoms with E-state index in [0.29, 0.717) is 6.54 Å². The molecular formula is C10H18N4S. The lowest BCUT2D eigenvalue weighted by Crippen LogP contribution is -2.21. The minimum atomic E-state index is 0.624. The zero-order valence-corrected chi connectivity index (χ0v) is 10.6. The van der Waals surface area contributed by atoms with Crippen molar-refractivity contribution in [3.8, 4) is 0 Å². The molecule has 15 heavy (non-hydrogen) atoms. The molecule has 0 saturated heterocycles.